The third-order valence-electron chi connectivity index (χ3n) is 5.36. The molecule has 150 valence electrons. The average molecular weight is 432 g/mol. The number of carbonyl (C=O) groups excluding carboxylic acids is 1. The minimum absolute atomic E-state index is 0.0525. The highest BCUT2D eigenvalue weighted by molar-refractivity contribution is 7.98. The minimum Gasteiger partial charge on any atom is -0.310 e. The Morgan fingerprint density at radius 1 is 0.833 bits per heavy atom. The Bertz CT molecular complexity index is 971. The second-order valence-corrected chi connectivity index (χ2v) is 11.2. The van der Waals surface area contributed by atoms with E-state index >= 15 is 0 Å². The average Bonchev–Trinajstić information content (AvgIpc) is 2.78. The fourth-order valence-corrected chi connectivity index (χ4v) is 9.34. The van der Waals surface area contributed by atoms with Gasteiger partial charge in [0.1, 0.15) is 29.0 Å². The van der Waals surface area contributed by atoms with Crippen molar-refractivity contribution in [3.63, 3.8) is 0 Å². The van der Waals surface area contributed by atoms with Crippen molar-refractivity contribution in [1.29, 1.82) is 0 Å². The Morgan fingerprint density at radius 3 is 1.63 bits per heavy atom. The van der Waals surface area contributed by atoms with Crippen LogP contribution in [-0.2, 0) is 4.79 Å². The third kappa shape index (κ3) is 3.62. The molecule has 0 bridgehead atoms. The minimum atomic E-state index is -2.45. The molecular weight excluding hydrogens is 407 g/mol. The molecule has 1 N–H and O–H groups in total. The van der Waals surface area contributed by atoms with Crippen LogP contribution in [0.2, 0.25) is 0 Å². The number of benzene rings is 3. The fourth-order valence-electron chi connectivity index (χ4n) is 4.13. The number of rotatable bonds is 6. The number of nitrogens with one attached hydrogen (secondary N) is 1. The standard InChI is InChI=1S/C25H23N2OPS/c1-2-12-22-26-24(28)23(25(30)27-22)29(19-13-6-3-7-14-19,20-15-8-4-9-16-20)21-17-10-5-11-18-21/h3-11,13-18,23H,2,12H2,1H3/p+1. The van der Waals surface area contributed by atoms with E-state index in [0.29, 0.717) is 17.2 Å². The highest BCUT2D eigenvalue weighted by Gasteiger charge is 2.58. The van der Waals surface area contributed by atoms with E-state index in [4.69, 9.17) is 17.2 Å². The molecule has 4 rings (SSSR count). The largest absolute Gasteiger partial charge is 0.310 e. The van der Waals surface area contributed by atoms with Gasteiger partial charge >= 0.3 is 0 Å². The van der Waals surface area contributed by atoms with Gasteiger partial charge in [0.15, 0.2) is 4.99 Å². The molecule has 1 aliphatic rings. The van der Waals surface area contributed by atoms with E-state index in [1.54, 1.807) is 0 Å². The predicted molar refractivity (Wildman–Crippen MR) is 132 cm³/mol. The van der Waals surface area contributed by atoms with E-state index in [1.807, 2.05) is 54.6 Å². The van der Waals surface area contributed by atoms with Crippen LogP contribution < -0.4 is 21.2 Å². The van der Waals surface area contributed by atoms with Crippen LogP contribution in [0, 0.1) is 0 Å². The molecule has 0 aromatic heterocycles. The first-order valence-corrected chi connectivity index (χ1v) is 12.4. The van der Waals surface area contributed by atoms with Gasteiger partial charge in [-0.3, -0.25) is 4.79 Å². The summed E-state index contributed by atoms with van der Waals surface area (Å²) < 4.78 is 0. The molecule has 3 aromatic rings. The number of carbonyl (C=O) groups is 1. The zero-order chi connectivity index (χ0) is 21.0. The summed E-state index contributed by atoms with van der Waals surface area (Å²) in [5.74, 6) is 0.624. The van der Waals surface area contributed by atoms with Crippen molar-refractivity contribution in [3.05, 3.63) is 91.0 Å². The second kappa shape index (κ2) is 8.99. The van der Waals surface area contributed by atoms with Crippen LogP contribution in [0.4, 0.5) is 0 Å². The molecule has 3 nitrogen and oxygen atoms in total. The quantitative estimate of drug-likeness (QED) is 0.473. The van der Waals surface area contributed by atoms with E-state index in [1.165, 1.54) is 0 Å². The van der Waals surface area contributed by atoms with E-state index in [2.05, 4.69) is 48.6 Å². The Morgan fingerprint density at radius 2 is 1.27 bits per heavy atom. The van der Waals surface area contributed by atoms with Crippen LogP contribution in [0.5, 0.6) is 0 Å². The number of amidine groups is 1. The molecule has 30 heavy (non-hydrogen) atoms. The second-order valence-electron chi connectivity index (χ2n) is 7.27. The van der Waals surface area contributed by atoms with Crippen LogP contribution in [-0.4, -0.2) is 22.4 Å². The first kappa shape index (κ1) is 20.6. The van der Waals surface area contributed by atoms with E-state index in [-0.39, 0.29) is 5.91 Å². The van der Waals surface area contributed by atoms with Crippen LogP contribution in [0.25, 0.3) is 0 Å². The molecule has 1 aliphatic heterocycles. The number of amides is 1. The topological polar surface area (TPSA) is 41.5 Å². The summed E-state index contributed by atoms with van der Waals surface area (Å²) in [6.07, 6.45) is 1.62. The first-order valence-electron chi connectivity index (χ1n) is 10.2. The normalized spacial score (nSPS) is 16.7. The van der Waals surface area contributed by atoms with Gasteiger partial charge in [-0.2, -0.15) is 0 Å². The Kier molecular flexibility index (Phi) is 6.17. The smallest absolute Gasteiger partial charge is 0.274 e. The summed E-state index contributed by atoms with van der Waals surface area (Å²) in [4.78, 5) is 18.8. The zero-order valence-electron chi connectivity index (χ0n) is 16.9. The summed E-state index contributed by atoms with van der Waals surface area (Å²) in [5.41, 5.74) is -0.527. The molecular formula is C25H24N2OPS+. The third-order valence-corrected chi connectivity index (χ3v) is 10.5. The van der Waals surface area contributed by atoms with Gasteiger partial charge in [0, 0.05) is 6.42 Å². The molecule has 1 heterocycles. The number of hydrogen-bond acceptors (Lipinski definition) is 2. The molecule has 5 heteroatoms. The summed E-state index contributed by atoms with van der Waals surface area (Å²) in [5, 5.41) is 6.44. The maximum Gasteiger partial charge on any atom is 0.274 e. The van der Waals surface area contributed by atoms with Crippen LogP contribution in [0.3, 0.4) is 0 Å². The van der Waals surface area contributed by atoms with Gasteiger partial charge in [0.25, 0.3) is 5.91 Å². The lowest BCUT2D eigenvalue weighted by Crippen LogP contribution is -2.53. The Hall–Kier alpha value is -2.68. The molecule has 0 radical (unpaired) electrons. The van der Waals surface area contributed by atoms with Crippen molar-refractivity contribution in [2.45, 2.75) is 25.4 Å². The van der Waals surface area contributed by atoms with Crippen LogP contribution >= 0.6 is 19.5 Å². The number of aliphatic imine (C=N–C) groups is 1. The van der Waals surface area contributed by atoms with Crippen molar-refractivity contribution >= 4 is 52.1 Å². The van der Waals surface area contributed by atoms with E-state index < -0.39 is 12.9 Å². The molecule has 3 aromatic carbocycles. The van der Waals surface area contributed by atoms with E-state index in [9.17, 15) is 4.79 Å². The summed E-state index contributed by atoms with van der Waals surface area (Å²) in [6.45, 7) is 2.07. The molecule has 1 atom stereocenters. The fraction of sp³-hybridized carbons (Fsp3) is 0.160. The molecule has 1 amide bonds. The summed E-state index contributed by atoms with van der Waals surface area (Å²) in [7, 11) is -2.45. The monoisotopic (exact) mass is 431 g/mol. The van der Waals surface area contributed by atoms with Crippen LogP contribution in [0.15, 0.2) is 96.0 Å². The Balaban J connectivity index is 2.04. The highest BCUT2D eigenvalue weighted by atomic mass is 32.1. The lowest BCUT2D eigenvalue weighted by Gasteiger charge is -2.35. The van der Waals surface area contributed by atoms with Gasteiger partial charge in [0.05, 0.1) is 0 Å². The number of thiocarbonyl (C=S) groups is 1. The zero-order valence-corrected chi connectivity index (χ0v) is 18.6. The summed E-state index contributed by atoms with van der Waals surface area (Å²) in [6, 6.07) is 30.9. The molecule has 1 unspecified atom stereocenters. The van der Waals surface area contributed by atoms with Crippen LogP contribution in [0.1, 0.15) is 19.8 Å². The first-order chi connectivity index (χ1) is 14.7. The van der Waals surface area contributed by atoms with Gasteiger partial charge < -0.3 is 5.32 Å². The lowest BCUT2D eigenvalue weighted by atomic mass is 10.2. The van der Waals surface area contributed by atoms with Gasteiger partial charge in [-0.15, -0.1) is 0 Å². The van der Waals surface area contributed by atoms with Crippen molar-refractivity contribution in [2.75, 3.05) is 0 Å². The SMILES string of the molecule is CCCC1=NC(=S)C([P+](c2ccccc2)(c2ccccc2)c2ccccc2)C(=O)N1. The molecule has 0 aliphatic carbocycles. The van der Waals surface area contributed by atoms with Gasteiger partial charge in [-0.25, -0.2) is 4.99 Å². The van der Waals surface area contributed by atoms with Gasteiger partial charge in [-0.05, 0) is 42.8 Å². The van der Waals surface area contributed by atoms with Crippen molar-refractivity contribution in [2.24, 2.45) is 4.99 Å². The number of hydrogen-bond donors (Lipinski definition) is 1. The van der Waals surface area contributed by atoms with Crippen molar-refractivity contribution in [3.8, 4) is 0 Å². The maximum atomic E-state index is 13.6. The molecule has 0 saturated carbocycles. The summed E-state index contributed by atoms with van der Waals surface area (Å²) >= 11 is 5.82. The lowest BCUT2D eigenvalue weighted by molar-refractivity contribution is -0.118. The Labute approximate surface area is 183 Å². The van der Waals surface area contributed by atoms with E-state index in [0.717, 1.165) is 22.3 Å². The van der Waals surface area contributed by atoms with Gasteiger partial charge in [0.2, 0.25) is 5.66 Å². The van der Waals surface area contributed by atoms with Gasteiger partial charge in [-0.1, -0.05) is 73.7 Å². The van der Waals surface area contributed by atoms with Crippen molar-refractivity contribution in [1.82, 2.24) is 5.32 Å². The molecule has 0 saturated heterocycles. The maximum absolute atomic E-state index is 13.6. The number of nitrogens with zero attached hydrogens (tertiary/aromatic N) is 1. The molecule has 0 spiro atoms. The molecule has 0 fully saturated rings. The van der Waals surface area contributed by atoms with Crippen molar-refractivity contribution < 1.29 is 4.79 Å². The highest BCUT2D eigenvalue weighted by Crippen LogP contribution is 2.60. The predicted octanol–water partition coefficient (Wildman–Crippen LogP) is 4.00.